The van der Waals surface area contributed by atoms with Crippen LogP contribution in [0.3, 0.4) is 0 Å². The molecule has 4 heteroatoms. The van der Waals surface area contributed by atoms with E-state index < -0.39 is 0 Å². The molecule has 0 unspecified atom stereocenters. The van der Waals surface area contributed by atoms with Crippen LogP contribution in [0.25, 0.3) is 0 Å². The molecule has 2 aromatic rings. The van der Waals surface area contributed by atoms with Crippen LogP contribution in [0.1, 0.15) is 11.1 Å². The molecule has 90 valence electrons. The van der Waals surface area contributed by atoms with Gasteiger partial charge in [-0.15, -0.1) is 0 Å². The summed E-state index contributed by atoms with van der Waals surface area (Å²) in [5.41, 5.74) is 2.62. The lowest BCUT2D eigenvalue weighted by Gasteiger charge is -2.07. The summed E-state index contributed by atoms with van der Waals surface area (Å²) >= 11 is 0. The number of hydrogen-bond acceptors (Lipinski definition) is 4. The lowest BCUT2D eigenvalue weighted by molar-refractivity contribution is 0.397. The van der Waals surface area contributed by atoms with Crippen LogP contribution in [-0.2, 0) is 6.54 Å². The Hall–Kier alpha value is -2.54. The van der Waals surface area contributed by atoms with Crippen molar-refractivity contribution in [2.45, 2.75) is 6.54 Å². The number of nitriles is 1. The van der Waals surface area contributed by atoms with E-state index in [4.69, 9.17) is 10.00 Å². The normalized spacial score (nSPS) is 9.56. The molecule has 0 aliphatic rings. The van der Waals surface area contributed by atoms with Crippen molar-refractivity contribution in [3.63, 3.8) is 0 Å². The standard InChI is InChI=1S/C14H13N3O/c1-18-14-6-5-12(10-17-14)9-16-13-4-2-3-11(7-13)8-15/h2-7,10,16H,9H2,1H3. The summed E-state index contributed by atoms with van der Waals surface area (Å²) in [5.74, 6) is 0.602. The molecule has 1 heterocycles. The van der Waals surface area contributed by atoms with Gasteiger partial charge < -0.3 is 10.1 Å². The molecule has 0 saturated carbocycles. The zero-order valence-corrected chi connectivity index (χ0v) is 10.1. The summed E-state index contributed by atoms with van der Waals surface area (Å²) in [6.07, 6.45) is 1.76. The second-order valence-corrected chi connectivity index (χ2v) is 3.75. The van der Waals surface area contributed by atoms with Gasteiger partial charge in [-0.1, -0.05) is 12.1 Å². The fourth-order valence-corrected chi connectivity index (χ4v) is 1.54. The quantitative estimate of drug-likeness (QED) is 0.890. The number of aromatic nitrogens is 1. The molecule has 0 fully saturated rings. The Morgan fingerprint density at radius 2 is 2.22 bits per heavy atom. The first-order chi connectivity index (χ1) is 8.81. The molecular weight excluding hydrogens is 226 g/mol. The van der Waals surface area contributed by atoms with E-state index in [1.54, 1.807) is 19.4 Å². The largest absolute Gasteiger partial charge is 0.481 e. The monoisotopic (exact) mass is 239 g/mol. The van der Waals surface area contributed by atoms with Gasteiger partial charge in [-0.2, -0.15) is 5.26 Å². The van der Waals surface area contributed by atoms with Gasteiger partial charge in [-0.05, 0) is 23.8 Å². The van der Waals surface area contributed by atoms with E-state index in [9.17, 15) is 0 Å². The molecule has 1 N–H and O–H groups in total. The van der Waals surface area contributed by atoms with E-state index in [2.05, 4.69) is 16.4 Å². The molecule has 1 aromatic carbocycles. The maximum Gasteiger partial charge on any atom is 0.212 e. The van der Waals surface area contributed by atoms with Gasteiger partial charge in [0.25, 0.3) is 0 Å². The molecule has 0 aliphatic carbocycles. The molecular formula is C14H13N3O. The zero-order valence-electron chi connectivity index (χ0n) is 10.1. The van der Waals surface area contributed by atoms with Gasteiger partial charge in [-0.25, -0.2) is 4.98 Å². The second kappa shape index (κ2) is 5.69. The minimum atomic E-state index is 0.602. The molecule has 0 aliphatic heterocycles. The fourth-order valence-electron chi connectivity index (χ4n) is 1.54. The molecule has 0 bridgehead atoms. The molecule has 1 aromatic heterocycles. The van der Waals surface area contributed by atoms with Crippen LogP contribution in [0, 0.1) is 11.3 Å². The molecule has 0 amide bonds. The molecule has 0 radical (unpaired) electrons. The number of nitrogens with zero attached hydrogens (tertiary/aromatic N) is 2. The van der Waals surface area contributed by atoms with Crippen LogP contribution in [0.5, 0.6) is 5.88 Å². The number of methoxy groups -OCH3 is 1. The number of anilines is 1. The Balaban J connectivity index is 2.00. The average Bonchev–Trinajstić information content (AvgIpc) is 2.46. The molecule has 18 heavy (non-hydrogen) atoms. The first kappa shape index (κ1) is 11.9. The van der Waals surface area contributed by atoms with E-state index in [0.717, 1.165) is 11.3 Å². The predicted molar refractivity (Wildman–Crippen MR) is 69.3 cm³/mol. The summed E-state index contributed by atoms with van der Waals surface area (Å²) in [6, 6.07) is 13.3. The number of ether oxygens (including phenoxy) is 1. The van der Waals surface area contributed by atoms with Crippen molar-refractivity contribution in [3.8, 4) is 11.9 Å². The number of hydrogen-bond donors (Lipinski definition) is 1. The summed E-state index contributed by atoms with van der Waals surface area (Å²) in [4.78, 5) is 4.13. The Morgan fingerprint density at radius 3 is 2.89 bits per heavy atom. The van der Waals surface area contributed by atoms with Crippen molar-refractivity contribution in [2.24, 2.45) is 0 Å². The van der Waals surface area contributed by atoms with Crippen LogP contribution in [0.4, 0.5) is 5.69 Å². The lowest BCUT2D eigenvalue weighted by Crippen LogP contribution is -2.00. The van der Waals surface area contributed by atoms with Crippen LogP contribution in [0.2, 0.25) is 0 Å². The van der Waals surface area contributed by atoms with E-state index in [1.807, 2.05) is 30.3 Å². The van der Waals surface area contributed by atoms with Crippen molar-refractivity contribution in [1.29, 1.82) is 5.26 Å². The summed E-state index contributed by atoms with van der Waals surface area (Å²) in [7, 11) is 1.59. The summed E-state index contributed by atoms with van der Waals surface area (Å²) < 4.78 is 4.99. The van der Waals surface area contributed by atoms with E-state index in [-0.39, 0.29) is 0 Å². The molecule has 0 spiro atoms. The van der Waals surface area contributed by atoms with E-state index in [1.165, 1.54) is 0 Å². The number of nitrogens with one attached hydrogen (secondary N) is 1. The number of rotatable bonds is 4. The highest BCUT2D eigenvalue weighted by Gasteiger charge is 1.97. The first-order valence-corrected chi connectivity index (χ1v) is 5.55. The maximum atomic E-state index is 8.80. The minimum absolute atomic E-state index is 0.602. The van der Waals surface area contributed by atoms with Gasteiger partial charge in [0.2, 0.25) is 5.88 Å². The van der Waals surface area contributed by atoms with Crippen molar-refractivity contribution >= 4 is 5.69 Å². The lowest BCUT2D eigenvalue weighted by atomic mass is 10.2. The van der Waals surface area contributed by atoms with Crippen LogP contribution < -0.4 is 10.1 Å². The van der Waals surface area contributed by atoms with Gasteiger partial charge >= 0.3 is 0 Å². The Bertz CT molecular complexity index is 558. The SMILES string of the molecule is COc1ccc(CNc2cccc(C#N)c2)cn1. The van der Waals surface area contributed by atoms with E-state index >= 15 is 0 Å². The fraction of sp³-hybridized carbons (Fsp3) is 0.143. The number of pyridine rings is 1. The molecule has 4 nitrogen and oxygen atoms in total. The third-order valence-corrected chi connectivity index (χ3v) is 2.50. The van der Waals surface area contributed by atoms with Crippen LogP contribution in [-0.4, -0.2) is 12.1 Å². The second-order valence-electron chi connectivity index (χ2n) is 3.75. The third-order valence-electron chi connectivity index (χ3n) is 2.50. The van der Waals surface area contributed by atoms with Gasteiger partial charge in [0.1, 0.15) is 0 Å². The van der Waals surface area contributed by atoms with Crippen molar-refractivity contribution < 1.29 is 4.74 Å². The van der Waals surface area contributed by atoms with Crippen molar-refractivity contribution in [3.05, 3.63) is 53.7 Å². The summed E-state index contributed by atoms with van der Waals surface area (Å²) in [5, 5.41) is 12.0. The first-order valence-electron chi connectivity index (χ1n) is 5.55. The minimum Gasteiger partial charge on any atom is -0.481 e. The zero-order chi connectivity index (χ0) is 12.8. The molecule has 2 rings (SSSR count). The van der Waals surface area contributed by atoms with Gasteiger partial charge in [-0.3, -0.25) is 0 Å². The van der Waals surface area contributed by atoms with Gasteiger partial charge in [0.15, 0.2) is 0 Å². The van der Waals surface area contributed by atoms with Gasteiger partial charge in [0.05, 0.1) is 18.7 Å². The topological polar surface area (TPSA) is 57.9 Å². The predicted octanol–water partition coefficient (Wildman–Crippen LogP) is 2.57. The van der Waals surface area contributed by atoms with Crippen molar-refractivity contribution in [1.82, 2.24) is 4.98 Å². The molecule has 0 atom stereocenters. The Kier molecular flexibility index (Phi) is 3.77. The van der Waals surface area contributed by atoms with Crippen LogP contribution >= 0.6 is 0 Å². The Morgan fingerprint density at radius 1 is 1.33 bits per heavy atom. The average molecular weight is 239 g/mol. The Labute approximate surface area is 106 Å². The highest BCUT2D eigenvalue weighted by Crippen LogP contribution is 2.12. The van der Waals surface area contributed by atoms with Gasteiger partial charge in [0, 0.05) is 24.5 Å². The third kappa shape index (κ3) is 2.98. The molecule has 0 saturated heterocycles. The van der Waals surface area contributed by atoms with Crippen molar-refractivity contribution in [2.75, 3.05) is 12.4 Å². The summed E-state index contributed by atoms with van der Waals surface area (Å²) in [6.45, 7) is 0.659. The highest BCUT2D eigenvalue weighted by molar-refractivity contribution is 5.49. The smallest absolute Gasteiger partial charge is 0.212 e. The highest BCUT2D eigenvalue weighted by atomic mass is 16.5. The van der Waals surface area contributed by atoms with E-state index in [0.29, 0.717) is 18.0 Å². The van der Waals surface area contributed by atoms with Crippen LogP contribution in [0.15, 0.2) is 42.6 Å². The number of benzene rings is 1. The maximum absolute atomic E-state index is 8.80.